The van der Waals surface area contributed by atoms with E-state index >= 15 is 0 Å². The molecule has 3 heteroatoms. The summed E-state index contributed by atoms with van der Waals surface area (Å²) >= 11 is 5.91. The molecule has 0 amide bonds. The lowest BCUT2D eigenvalue weighted by atomic mass is 9.99. The van der Waals surface area contributed by atoms with Crippen LogP contribution in [0, 0.1) is 12.8 Å². The highest BCUT2D eigenvalue weighted by Crippen LogP contribution is 2.18. The molecule has 1 aliphatic heterocycles. The van der Waals surface area contributed by atoms with Gasteiger partial charge >= 0.3 is 0 Å². The Morgan fingerprint density at radius 3 is 3.07 bits per heavy atom. The summed E-state index contributed by atoms with van der Waals surface area (Å²) in [6.07, 6.45) is 2.40. The van der Waals surface area contributed by atoms with Crippen molar-refractivity contribution < 1.29 is 0 Å². The van der Waals surface area contributed by atoms with E-state index in [4.69, 9.17) is 11.6 Å². The van der Waals surface area contributed by atoms with Crippen LogP contribution >= 0.6 is 11.6 Å². The number of aromatic nitrogens is 1. The Bertz CT molecular complexity index is 299. The lowest BCUT2D eigenvalue weighted by Gasteiger charge is -2.08. The minimum absolute atomic E-state index is 0.617. The fourth-order valence-electron chi connectivity index (χ4n) is 2.04. The first-order valence-corrected chi connectivity index (χ1v) is 5.45. The fraction of sp³-hybridized carbons (Fsp3) is 0.545. The third kappa shape index (κ3) is 2.46. The third-order valence-electron chi connectivity index (χ3n) is 2.67. The highest BCUT2D eigenvalue weighted by Gasteiger charge is 2.15. The highest BCUT2D eigenvalue weighted by molar-refractivity contribution is 6.29. The van der Waals surface area contributed by atoms with Crippen LogP contribution in [0.25, 0.3) is 0 Å². The molecule has 0 aliphatic carbocycles. The Labute approximate surface area is 89.7 Å². The van der Waals surface area contributed by atoms with E-state index in [1.807, 2.05) is 13.0 Å². The van der Waals surface area contributed by atoms with Crippen molar-refractivity contribution in [2.45, 2.75) is 19.8 Å². The van der Waals surface area contributed by atoms with Gasteiger partial charge in [-0.15, -0.1) is 0 Å². The van der Waals surface area contributed by atoms with Crippen molar-refractivity contribution in [3.8, 4) is 0 Å². The second-order valence-corrected chi connectivity index (χ2v) is 4.39. The zero-order chi connectivity index (χ0) is 9.97. The van der Waals surface area contributed by atoms with Crippen molar-refractivity contribution in [1.29, 1.82) is 0 Å². The molecule has 1 N–H and O–H groups in total. The number of hydrogen-bond donors (Lipinski definition) is 1. The van der Waals surface area contributed by atoms with Crippen LogP contribution in [0.15, 0.2) is 12.1 Å². The summed E-state index contributed by atoms with van der Waals surface area (Å²) in [6.45, 7) is 4.28. The molecule has 0 spiro atoms. The van der Waals surface area contributed by atoms with Crippen LogP contribution in [-0.4, -0.2) is 18.1 Å². The number of rotatable bonds is 2. The largest absolute Gasteiger partial charge is 0.316 e. The molecule has 1 atom stereocenters. The Morgan fingerprint density at radius 1 is 1.57 bits per heavy atom. The molecular formula is C11H15ClN2. The molecule has 76 valence electrons. The van der Waals surface area contributed by atoms with Crippen molar-refractivity contribution >= 4 is 11.6 Å². The van der Waals surface area contributed by atoms with Gasteiger partial charge in [0, 0.05) is 5.69 Å². The van der Waals surface area contributed by atoms with E-state index in [1.165, 1.54) is 12.0 Å². The lowest BCUT2D eigenvalue weighted by Crippen LogP contribution is -2.10. The van der Waals surface area contributed by atoms with Gasteiger partial charge in [0.25, 0.3) is 0 Å². The van der Waals surface area contributed by atoms with Crippen molar-refractivity contribution in [2.24, 2.45) is 5.92 Å². The van der Waals surface area contributed by atoms with E-state index in [1.54, 1.807) is 0 Å². The molecule has 0 radical (unpaired) electrons. The van der Waals surface area contributed by atoms with Gasteiger partial charge in [0.15, 0.2) is 0 Å². The molecule has 0 saturated carbocycles. The van der Waals surface area contributed by atoms with Crippen LogP contribution in [-0.2, 0) is 6.42 Å². The van der Waals surface area contributed by atoms with Gasteiger partial charge in [-0.2, -0.15) is 0 Å². The van der Waals surface area contributed by atoms with Crippen LogP contribution in [0.5, 0.6) is 0 Å². The first-order valence-electron chi connectivity index (χ1n) is 5.08. The Kier molecular flexibility index (Phi) is 3.04. The minimum Gasteiger partial charge on any atom is -0.316 e. The van der Waals surface area contributed by atoms with Crippen molar-refractivity contribution in [1.82, 2.24) is 10.3 Å². The van der Waals surface area contributed by atoms with Gasteiger partial charge in [-0.1, -0.05) is 11.6 Å². The molecule has 1 fully saturated rings. The molecule has 1 aromatic heterocycles. The second kappa shape index (κ2) is 4.28. The van der Waals surface area contributed by atoms with Crippen molar-refractivity contribution in [2.75, 3.05) is 13.1 Å². The van der Waals surface area contributed by atoms with Crippen LogP contribution < -0.4 is 5.32 Å². The van der Waals surface area contributed by atoms with E-state index in [-0.39, 0.29) is 0 Å². The van der Waals surface area contributed by atoms with Gasteiger partial charge < -0.3 is 5.32 Å². The van der Waals surface area contributed by atoms with Gasteiger partial charge in [-0.3, -0.25) is 0 Å². The monoisotopic (exact) mass is 210 g/mol. The number of aryl methyl sites for hydroxylation is 1. The smallest absolute Gasteiger partial charge is 0.129 e. The first kappa shape index (κ1) is 9.94. The standard InChI is InChI=1S/C11H15ClN2/c1-8-4-10(6-11(12)14-8)5-9-2-3-13-7-9/h4,6,9,13H,2-3,5,7H2,1H3. The molecule has 2 rings (SSSR count). The Balaban J connectivity index is 2.07. The summed E-state index contributed by atoms with van der Waals surface area (Å²) in [5.74, 6) is 0.771. The van der Waals surface area contributed by atoms with E-state index in [0.29, 0.717) is 5.15 Å². The fourth-order valence-corrected chi connectivity index (χ4v) is 2.31. The lowest BCUT2D eigenvalue weighted by molar-refractivity contribution is 0.579. The quantitative estimate of drug-likeness (QED) is 0.758. The predicted molar refractivity (Wildman–Crippen MR) is 58.7 cm³/mol. The van der Waals surface area contributed by atoms with Gasteiger partial charge in [-0.25, -0.2) is 4.98 Å². The summed E-state index contributed by atoms with van der Waals surface area (Å²) in [5.41, 5.74) is 2.33. The first-order chi connectivity index (χ1) is 6.74. The molecule has 14 heavy (non-hydrogen) atoms. The number of hydrogen-bond acceptors (Lipinski definition) is 2. The molecule has 1 saturated heterocycles. The molecule has 2 nitrogen and oxygen atoms in total. The number of pyridine rings is 1. The van der Waals surface area contributed by atoms with E-state index < -0.39 is 0 Å². The van der Waals surface area contributed by atoms with E-state index in [2.05, 4.69) is 16.4 Å². The summed E-state index contributed by atoms with van der Waals surface area (Å²) in [6, 6.07) is 4.11. The topological polar surface area (TPSA) is 24.9 Å². The third-order valence-corrected chi connectivity index (χ3v) is 2.86. The average Bonchev–Trinajstić information content (AvgIpc) is 2.54. The summed E-state index contributed by atoms with van der Waals surface area (Å²) < 4.78 is 0. The summed E-state index contributed by atoms with van der Waals surface area (Å²) in [5, 5.41) is 3.99. The van der Waals surface area contributed by atoms with Gasteiger partial charge in [-0.05, 0) is 56.5 Å². The molecule has 1 aromatic rings. The summed E-state index contributed by atoms with van der Waals surface area (Å²) in [7, 11) is 0. The van der Waals surface area contributed by atoms with E-state index in [0.717, 1.165) is 31.1 Å². The number of nitrogens with one attached hydrogen (secondary N) is 1. The molecule has 1 unspecified atom stereocenters. The van der Waals surface area contributed by atoms with Gasteiger partial charge in [0.1, 0.15) is 5.15 Å². The summed E-state index contributed by atoms with van der Waals surface area (Å²) in [4.78, 5) is 4.16. The molecule has 0 bridgehead atoms. The van der Waals surface area contributed by atoms with Crippen molar-refractivity contribution in [3.63, 3.8) is 0 Å². The normalized spacial score (nSPS) is 21.4. The van der Waals surface area contributed by atoms with Crippen LogP contribution in [0.3, 0.4) is 0 Å². The van der Waals surface area contributed by atoms with E-state index in [9.17, 15) is 0 Å². The number of halogens is 1. The van der Waals surface area contributed by atoms with Crippen LogP contribution in [0.1, 0.15) is 17.7 Å². The maximum Gasteiger partial charge on any atom is 0.129 e. The molecule has 1 aliphatic rings. The average molecular weight is 211 g/mol. The Hall–Kier alpha value is -0.600. The molecule has 2 heterocycles. The maximum absolute atomic E-state index is 5.91. The van der Waals surface area contributed by atoms with Gasteiger partial charge in [0.05, 0.1) is 0 Å². The maximum atomic E-state index is 5.91. The van der Waals surface area contributed by atoms with Crippen molar-refractivity contribution in [3.05, 3.63) is 28.5 Å². The zero-order valence-electron chi connectivity index (χ0n) is 8.39. The second-order valence-electron chi connectivity index (χ2n) is 4.00. The predicted octanol–water partition coefficient (Wildman–Crippen LogP) is 2.20. The zero-order valence-corrected chi connectivity index (χ0v) is 9.14. The molecular weight excluding hydrogens is 196 g/mol. The SMILES string of the molecule is Cc1cc(CC2CCNC2)cc(Cl)n1. The highest BCUT2D eigenvalue weighted by atomic mass is 35.5. The Morgan fingerprint density at radius 2 is 2.43 bits per heavy atom. The number of nitrogens with zero attached hydrogens (tertiary/aromatic N) is 1. The molecule has 0 aromatic carbocycles. The minimum atomic E-state index is 0.617. The van der Waals surface area contributed by atoms with Gasteiger partial charge in [0.2, 0.25) is 0 Å². The van der Waals surface area contributed by atoms with Crippen LogP contribution in [0.2, 0.25) is 5.15 Å². The van der Waals surface area contributed by atoms with Crippen LogP contribution in [0.4, 0.5) is 0 Å².